The zero-order valence-electron chi connectivity index (χ0n) is 13.3. The largest absolute Gasteiger partial charge is 0.287 e. The van der Waals surface area contributed by atoms with Crippen LogP contribution in [0.5, 0.6) is 0 Å². The topological polar surface area (TPSA) is 65.6 Å². The quantitative estimate of drug-likeness (QED) is 0.521. The van der Waals surface area contributed by atoms with Crippen molar-refractivity contribution in [3.8, 4) is 22.8 Å². The third-order valence-corrected chi connectivity index (χ3v) is 3.97. The predicted molar refractivity (Wildman–Crippen MR) is 95.2 cm³/mol. The molecule has 26 heavy (non-hydrogen) atoms. The Morgan fingerprint density at radius 1 is 1.04 bits per heavy atom. The van der Waals surface area contributed by atoms with Gasteiger partial charge in [-0.1, -0.05) is 23.7 Å². The highest BCUT2D eigenvalue weighted by Crippen LogP contribution is 2.20. The molecule has 0 amide bonds. The SMILES string of the molecule is O=c1ccn(-c2ccc(Cl)nc2)nc1-c1ccnn1-c1ccccc1F. The summed E-state index contributed by atoms with van der Waals surface area (Å²) in [6.07, 6.45) is 4.56. The third kappa shape index (κ3) is 2.89. The fraction of sp³-hybridized carbons (Fsp3) is 0. The predicted octanol–water partition coefficient (Wildman–Crippen LogP) is 3.27. The molecule has 0 aliphatic heterocycles. The molecule has 0 saturated carbocycles. The average Bonchev–Trinajstić information content (AvgIpc) is 3.12. The molecule has 0 saturated heterocycles. The number of benzene rings is 1. The van der Waals surface area contributed by atoms with Crippen molar-refractivity contribution in [3.05, 3.63) is 88.3 Å². The molecule has 1 aromatic carbocycles. The second kappa shape index (κ2) is 6.53. The molecule has 4 rings (SSSR count). The van der Waals surface area contributed by atoms with Crippen LogP contribution in [0.25, 0.3) is 22.8 Å². The lowest BCUT2D eigenvalue weighted by atomic mass is 10.2. The fourth-order valence-corrected chi connectivity index (χ4v) is 2.64. The molecule has 0 spiro atoms. The molecule has 0 bridgehead atoms. The van der Waals surface area contributed by atoms with Gasteiger partial charge in [-0.05, 0) is 30.3 Å². The van der Waals surface area contributed by atoms with Gasteiger partial charge in [0.05, 0.1) is 23.8 Å². The van der Waals surface area contributed by atoms with Crippen LogP contribution in [-0.4, -0.2) is 24.5 Å². The van der Waals surface area contributed by atoms with E-state index in [2.05, 4.69) is 15.2 Å². The van der Waals surface area contributed by atoms with Crippen molar-refractivity contribution in [2.24, 2.45) is 0 Å². The molecule has 0 aliphatic rings. The van der Waals surface area contributed by atoms with Gasteiger partial charge in [0.2, 0.25) is 5.43 Å². The second-order valence-electron chi connectivity index (χ2n) is 5.39. The van der Waals surface area contributed by atoms with E-state index < -0.39 is 5.82 Å². The van der Waals surface area contributed by atoms with Gasteiger partial charge in [0.1, 0.15) is 16.7 Å². The van der Waals surface area contributed by atoms with Gasteiger partial charge in [-0.15, -0.1) is 0 Å². The van der Waals surface area contributed by atoms with Crippen molar-refractivity contribution >= 4 is 11.6 Å². The smallest absolute Gasteiger partial charge is 0.209 e. The standard InChI is InChI=1S/C18H11ClFN5O/c19-17-6-5-12(11-21-17)24-10-8-16(26)18(23-24)15-7-9-22-25(15)14-4-2-1-3-13(14)20/h1-11H. The summed E-state index contributed by atoms with van der Waals surface area (Å²) in [5.74, 6) is -0.449. The van der Waals surface area contributed by atoms with E-state index in [-0.39, 0.29) is 16.8 Å². The van der Waals surface area contributed by atoms with E-state index in [1.165, 1.54) is 40.1 Å². The Morgan fingerprint density at radius 2 is 1.88 bits per heavy atom. The maximum atomic E-state index is 14.1. The molecule has 3 heterocycles. The maximum Gasteiger partial charge on any atom is 0.209 e. The highest BCUT2D eigenvalue weighted by Gasteiger charge is 2.15. The molecular weight excluding hydrogens is 357 g/mol. The summed E-state index contributed by atoms with van der Waals surface area (Å²) in [5.41, 5.74) is 1.09. The minimum Gasteiger partial charge on any atom is -0.287 e. The lowest BCUT2D eigenvalue weighted by molar-refractivity contribution is 0.611. The number of rotatable bonds is 3. The first-order chi connectivity index (χ1) is 12.6. The van der Waals surface area contributed by atoms with E-state index in [0.717, 1.165) is 0 Å². The Bertz CT molecular complexity index is 1140. The van der Waals surface area contributed by atoms with Gasteiger partial charge in [0.25, 0.3) is 0 Å². The number of halogens is 2. The van der Waals surface area contributed by atoms with Crippen LogP contribution in [0, 0.1) is 5.82 Å². The third-order valence-electron chi connectivity index (χ3n) is 3.75. The number of nitrogens with zero attached hydrogens (tertiary/aromatic N) is 5. The lowest BCUT2D eigenvalue weighted by Crippen LogP contribution is -2.15. The number of hydrogen-bond donors (Lipinski definition) is 0. The van der Waals surface area contributed by atoms with Gasteiger partial charge in [-0.25, -0.2) is 18.7 Å². The lowest BCUT2D eigenvalue weighted by Gasteiger charge is -2.10. The Kier molecular flexibility index (Phi) is 4.06. The van der Waals surface area contributed by atoms with Crippen molar-refractivity contribution in [3.63, 3.8) is 0 Å². The molecule has 0 fully saturated rings. The van der Waals surface area contributed by atoms with Crippen molar-refractivity contribution < 1.29 is 4.39 Å². The summed E-state index contributed by atoms with van der Waals surface area (Å²) in [4.78, 5) is 16.4. The maximum absolute atomic E-state index is 14.1. The van der Waals surface area contributed by atoms with Crippen LogP contribution in [0.1, 0.15) is 0 Å². The molecule has 0 unspecified atom stereocenters. The highest BCUT2D eigenvalue weighted by atomic mass is 35.5. The molecule has 0 N–H and O–H groups in total. The van der Waals surface area contributed by atoms with Gasteiger partial charge in [-0.2, -0.15) is 10.2 Å². The summed E-state index contributed by atoms with van der Waals surface area (Å²) in [6, 6.07) is 12.5. The van der Waals surface area contributed by atoms with E-state index in [9.17, 15) is 9.18 Å². The number of hydrogen-bond acceptors (Lipinski definition) is 4. The van der Waals surface area contributed by atoms with E-state index in [1.807, 2.05) is 0 Å². The van der Waals surface area contributed by atoms with Crippen LogP contribution in [0.2, 0.25) is 5.15 Å². The molecule has 0 atom stereocenters. The number of aromatic nitrogens is 5. The van der Waals surface area contributed by atoms with Crippen molar-refractivity contribution in [1.82, 2.24) is 24.5 Å². The molecular formula is C18H11ClFN5O. The van der Waals surface area contributed by atoms with Gasteiger partial charge in [0, 0.05) is 12.3 Å². The first kappa shape index (κ1) is 16.2. The minimum atomic E-state index is -0.449. The Balaban J connectivity index is 1.86. The van der Waals surface area contributed by atoms with Gasteiger partial charge in [-0.3, -0.25) is 4.79 Å². The van der Waals surface area contributed by atoms with E-state index in [0.29, 0.717) is 16.5 Å². The van der Waals surface area contributed by atoms with Gasteiger partial charge in [0.15, 0.2) is 5.69 Å². The molecule has 128 valence electrons. The molecule has 8 heteroatoms. The van der Waals surface area contributed by atoms with Gasteiger partial charge >= 0.3 is 0 Å². The highest BCUT2D eigenvalue weighted by molar-refractivity contribution is 6.29. The van der Waals surface area contributed by atoms with E-state index in [4.69, 9.17) is 11.6 Å². The summed E-state index contributed by atoms with van der Waals surface area (Å²) in [5, 5.41) is 8.86. The second-order valence-corrected chi connectivity index (χ2v) is 5.78. The fourth-order valence-electron chi connectivity index (χ4n) is 2.53. The van der Waals surface area contributed by atoms with Crippen LogP contribution in [0.15, 0.2) is 71.9 Å². The number of para-hydroxylation sites is 1. The zero-order valence-corrected chi connectivity index (χ0v) is 14.0. The molecule has 4 aromatic rings. The summed E-state index contributed by atoms with van der Waals surface area (Å²) in [7, 11) is 0. The summed E-state index contributed by atoms with van der Waals surface area (Å²) >= 11 is 5.80. The summed E-state index contributed by atoms with van der Waals surface area (Å²) in [6.45, 7) is 0. The van der Waals surface area contributed by atoms with Crippen LogP contribution in [-0.2, 0) is 0 Å². The Morgan fingerprint density at radius 3 is 2.65 bits per heavy atom. The van der Waals surface area contributed by atoms with Crippen molar-refractivity contribution in [2.45, 2.75) is 0 Å². The Hall–Kier alpha value is -3.32. The normalized spacial score (nSPS) is 10.8. The van der Waals surface area contributed by atoms with Crippen LogP contribution in [0.3, 0.4) is 0 Å². The van der Waals surface area contributed by atoms with Crippen molar-refractivity contribution in [2.75, 3.05) is 0 Å². The zero-order chi connectivity index (χ0) is 18.1. The van der Waals surface area contributed by atoms with Crippen LogP contribution < -0.4 is 5.43 Å². The summed E-state index contributed by atoms with van der Waals surface area (Å²) < 4.78 is 17.0. The van der Waals surface area contributed by atoms with E-state index >= 15 is 0 Å². The number of pyridine rings is 1. The Labute approximate surface area is 152 Å². The molecule has 3 aromatic heterocycles. The first-order valence-electron chi connectivity index (χ1n) is 7.65. The van der Waals surface area contributed by atoms with Crippen molar-refractivity contribution in [1.29, 1.82) is 0 Å². The average molecular weight is 368 g/mol. The van der Waals surface area contributed by atoms with Gasteiger partial charge < -0.3 is 0 Å². The van der Waals surface area contributed by atoms with E-state index in [1.54, 1.807) is 36.4 Å². The monoisotopic (exact) mass is 367 g/mol. The first-order valence-corrected chi connectivity index (χ1v) is 8.02. The van der Waals surface area contributed by atoms with Crippen LogP contribution >= 0.6 is 11.6 Å². The minimum absolute atomic E-state index is 0.142. The molecule has 0 radical (unpaired) electrons. The molecule has 6 nitrogen and oxygen atoms in total. The molecule has 0 aliphatic carbocycles. The van der Waals surface area contributed by atoms with Crippen LogP contribution in [0.4, 0.5) is 4.39 Å².